The van der Waals surface area contributed by atoms with Gasteiger partial charge in [0.1, 0.15) is 0 Å². The van der Waals surface area contributed by atoms with Gasteiger partial charge in [0.2, 0.25) is 5.88 Å². The van der Waals surface area contributed by atoms with Crippen LogP contribution in [0, 0.1) is 13.8 Å². The third-order valence-electron chi connectivity index (χ3n) is 2.00. The number of aryl methyl sites for hydroxylation is 1. The molecular formula is C9H12BrNO3. The van der Waals surface area contributed by atoms with Gasteiger partial charge in [0.05, 0.1) is 18.4 Å². The minimum absolute atomic E-state index is 0.248. The minimum Gasteiger partial charge on any atom is -0.481 e. The zero-order chi connectivity index (χ0) is 10.9. The number of ether oxygens (including phenoxy) is 1. The van der Waals surface area contributed by atoms with Gasteiger partial charge in [-0.2, -0.15) is 0 Å². The highest BCUT2D eigenvalue weighted by Crippen LogP contribution is 2.32. The summed E-state index contributed by atoms with van der Waals surface area (Å²) in [5.74, 6) is 0.248. The SMILES string of the molecule is COc1nc(C)c(Br)c(C)c1C(O)O. The van der Waals surface area contributed by atoms with Crippen LogP contribution < -0.4 is 4.74 Å². The summed E-state index contributed by atoms with van der Waals surface area (Å²) < 4.78 is 5.74. The Labute approximate surface area is 90.7 Å². The zero-order valence-electron chi connectivity index (χ0n) is 8.21. The van der Waals surface area contributed by atoms with E-state index in [0.717, 1.165) is 15.7 Å². The monoisotopic (exact) mass is 261 g/mol. The van der Waals surface area contributed by atoms with Gasteiger partial charge < -0.3 is 14.9 Å². The second-order valence-electron chi connectivity index (χ2n) is 2.93. The Bertz CT molecular complexity index is 352. The highest BCUT2D eigenvalue weighted by atomic mass is 79.9. The Morgan fingerprint density at radius 2 is 1.93 bits per heavy atom. The smallest absolute Gasteiger partial charge is 0.222 e. The molecule has 0 aliphatic rings. The molecule has 0 amide bonds. The van der Waals surface area contributed by atoms with Crippen LogP contribution in [0.5, 0.6) is 5.88 Å². The van der Waals surface area contributed by atoms with Gasteiger partial charge in [-0.3, -0.25) is 0 Å². The Morgan fingerprint density at radius 3 is 2.36 bits per heavy atom. The molecule has 0 unspecified atom stereocenters. The average Bonchev–Trinajstić information content (AvgIpc) is 2.12. The van der Waals surface area contributed by atoms with E-state index in [0.29, 0.717) is 5.56 Å². The highest BCUT2D eigenvalue weighted by molar-refractivity contribution is 9.10. The third kappa shape index (κ3) is 1.89. The average molecular weight is 262 g/mol. The summed E-state index contributed by atoms with van der Waals surface area (Å²) in [4.78, 5) is 4.08. The van der Waals surface area contributed by atoms with Gasteiger partial charge in [-0.05, 0) is 35.3 Å². The largest absolute Gasteiger partial charge is 0.481 e. The van der Waals surface area contributed by atoms with Gasteiger partial charge in [0.15, 0.2) is 6.29 Å². The molecule has 0 atom stereocenters. The lowest BCUT2D eigenvalue weighted by atomic mass is 10.1. The molecule has 0 aliphatic heterocycles. The molecule has 14 heavy (non-hydrogen) atoms. The zero-order valence-corrected chi connectivity index (χ0v) is 9.79. The molecule has 0 spiro atoms. The second-order valence-corrected chi connectivity index (χ2v) is 3.73. The lowest BCUT2D eigenvalue weighted by Gasteiger charge is -2.14. The maximum atomic E-state index is 9.15. The van der Waals surface area contributed by atoms with E-state index in [1.165, 1.54) is 7.11 Å². The predicted octanol–water partition coefficient (Wildman–Crippen LogP) is 1.45. The highest BCUT2D eigenvalue weighted by Gasteiger charge is 2.18. The fraction of sp³-hybridized carbons (Fsp3) is 0.444. The summed E-state index contributed by atoms with van der Waals surface area (Å²) in [7, 11) is 1.45. The lowest BCUT2D eigenvalue weighted by Crippen LogP contribution is -2.06. The Kier molecular flexibility index (Phi) is 3.47. The third-order valence-corrected chi connectivity index (χ3v) is 3.17. The molecule has 78 valence electrons. The van der Waals surface area contributed by atoms with Crippen LogP contribution >= 0.6 is 15.9 Å². The van der Waals surface area contributed by atoms with Crippen molar-refractivity contribution in [2.24, 2.45) is 0 Å². The number of nitrogens with zero attached hydrogens (tertiary/aromatic N) is 1. The first kappa shape index (κ1) is 11.4. The van der Waals surface area contributed by atoms with Gasteiger partial charge in [0, 0.05) is 4.47 Å². The van der Waals surface area contributed by atoms with E-state index >= 15 is 0 Å². The first-order valence-corrected chi connectivity index (χ1v) is 4.85. The van der Waals surface area contributed by atoms with Crippen molar-refractivity contribution in [2.45, 2.75) is 20.1 Å². The van der Waals surface area contributed by atoms with Gasteiger partial charge in [-0.25, -0.2) is 4.98 Å². The normalized spacial score (nSPS) is 10.8. The van der Waals surface area contributed by atoms with E-state index in [4.69, 9.17) is 14.9 Å². The Morgan fingerprint density at radius 1 is 1.36 bits per heavy atom. The molecule has 1 heterocycles. The number of halogens is 1. The number of pyridine rings is 1. The van der Waals surface area contributed by atoms with Crippen LogP contribution in [0.4, 0.5) is 0 Å². The van der Waals surface area contributed by atoms with Crippen molar-refractivity contribution in [3.8, 4) is 5.88 Å². The number of aliphatic hydroxyl groups excluding tert-OH is 1. The molecule has 4 nitrogen and oxygen atoms in total. The number of rotatable bonds is 2. The summed E-state index contributed by atoms with van der Waals surface area (Å²) in [6.45, 7) is 3.59. The standard InChI is InChI=1S/C9H12BrNO3/c1-4-6(9(12)13)8(14-3)11-5(2)7(4)10/h9,12-13H,1-3H3. The van der Waals surface area contributed by atoms with E-state index in [1.54, 1.807) is 6.92 Å². The minimum atomic E-state index is -1.57. The quantitative estimate of drug-likeness (QED) is 0.792. The van der Waals surface area contributed by atoms with Gasteiger partial charge in [-0.15, -0.1) is 0 Å². The molecule has 0 saturated carbocycles. The van der Waals surface area contributed by atoms with Crippen LogP contribution in [0.3, 0.4) is 0 Å². The maximum Gasteiger partial charge on any atom is 0.222 e. The van der Waals surface area contributed by atoms with E-state index in [9.17, 15) is 0 Å². The van der Waals surface area contributed by atoms with E-state index in [2.05, 4.69) is 20.9 Å². The second kappa shape index (κ2) is 4.25. The molecule has 2 N–H and O–H groups in total. The van der Waals surface area contributed by atoms with Gasteiger partial charge in [0.25, 0.3) is 0 Å². The maximum absolute atomic E-state index is 9.15. The van der Waals surface area contributed by atoms with Crippen molar-refractivity contribution in [3.05, 3.63) is 21.3 Å². The van der Waals surface area contributed by atoms with Crippen LogP contribution in [-0.4, -0.2) is 22.3 Å². The molecule has 1 aromatic rings. The molecule has 0 aromatic carbocycles. The molecule has 5 heteroatoms. The van der Waals surface area contributed by atoms with E-state index in [1.807, 2.05) is 6.92 Å². The molecule has 0 aliphatic carbocycles. The molecule has 0 bridgehead atoms. The first-order valence-electron chi connectivity index (χ1n) is 4.05. The van der Waals surface area contributed by atoms with Crippen LogP contribution in [0.25, 0.3) is 0 Å². The molecule has 1 rings (SSSR count). The lowest BCUT2D eigenvalue weighted by molar-refractivity contribution is -0.0448. The van der Waals surface area contributed by atoms with Crippen LogP contribution in [0.15, 0.2) is 4.47 Å². The summed E-state index contributed by atoms with van der Waals surface area (Å²) in [5, 5.41) is 18.3. The first-order chi connectivity index (χ1) is 6.49. The summed E-state index contributed by atoms with van der Waals surface area (Å²) in [6.07, 6.45) is -1.57. The summed E-state index contributed by atoms with van der Waals surface area (Å²) in [6, 6.07) is 0. The molecule has 0 radical (unpaired) electrons. The van der Waals surface area contributed by atoms with Crippen molar-refractivity contribution in [1.29, 1.82) is 0 Å². The number of methoxy groups -OCH3 is 1. The number of hydrogen-bond donors (Lipinski definition) is 2. The summed E-state index contributed by atoms with van der Waals surface area (Å²) in [5.41, 5.74) is 1.78. The topological polar surface area (TPSA) is 62.6 Å². The number of hydrogen-bond acceptors (Lipinski definition) is 4. The summed E-state index contributed by atoms with van der Waals surface area (Å²) >= 11 is 3.32. The van der Waals surface area contributed by atoms with Gasteiger partial charge >= 0.3 is 0 Å². The van der Waals surface area contributed by atoms with E-state index < -0.39 is 6.29 Å². The van der Waals surface area contributed by atoms with Crippen molar-refractivity contribution in [2.75, 3.05) is 7.11 Å². The molecule has 0 fully saturated rings. The number of aliphatic hydroxyl groups is 2. The Hall–Kier alpha value is -0.650. The van der Waals surface area contributed by atoms with Crippen molar-refractivity contribution in [3.63, 3.8) is 0 Å². The van der Waals surface area contributed by atoms with Gasteiger partial charge in [-0.1, -0.05) is 0 Å². The molecule has 0 saturated heterocycles. The molecule has 1 aromatic heterocycles. The van der Waals surface area contributed by atoms with Crippen LogP contribution in [-0.2, 0) is 0 Å². The fourth-order valence-electron chi connectivity index (χ4n) is 1.27. The Balaban J connectivity index is 3.45. The number of aromatic nitrogens is 1. The van der Waals surface area contributed by atoms with Crippen molar-refractivity contribution >= 4 is 15.9 Å². The van der Waals surface area contributed by atoms with Crippen molar-refractivity contribution < 1.29 is 14.9 Å². The van der Waals surface area contributed by atoms with E-state index in [-0.39, 0.29) is 5.88 Å². The van der Waals surface area contributed by atoms with Crippen molar-refractivity contribution in [1.82, 2.24) is 4.98 Å². The van der Waals surface area contributed by atoms with Crippen LogP contribution in [0.1, 0.15) is 23.1 Å². The molecular weight excluding hydrogens is 250 g/mol. The fourth-order valence-corrected chi connectivity index (χ4v) is 1.57. The van der Waals surface area contributed by atoms with Crippen LogP contribution in [0.2, 0.25) is 0 Å². The predicted molar refractivity (Wildman–Crippen MR) is 55.1 cm³/mol.